The highest BCUT2D eigenvalue weighted by molar-refractivity contribution is 6.31. The maximum Gasteiger partial charge on any atom is 0.228 e. The van der Waals surface area contributed by atoms with Gasteiger partial charge in [0.05, 0.1) is 6.42 Å². The van der Waals surface area contributed by atoms with Gasteiger partial charge in [0.2, 0.25) is 5.91 Å². The molecule has 3 rings (SSSR count). The van der Waals surface area contributed by atoms with Gasteiger partial charge in [0, 0.05) is 22.7 Å². The van der Waals surface area contributed by atoms with E-state index in [1.54, 1.807) is 0 Å². The molecule has 1 amide bonds. The summed E-state index contributed by atoms with van der Waals surface area (Å²) in [5.74, 6) is 0.0543. The van der Waals surface area contributed by atoms with Crippen molar-refractivity contribution >= 4 is 23.2 Å². The molecule has 0 atom stereocenters. The molecule has 0 unspecified atom stereocenters. The number of rotatable bonds is 2. The lowest BCUT2D eigenvalue weighted by Crippen LogP contribution is -2.32. The van der Waals surface area contributed by atoms with Gasteiger partial charge in [-0.05, 0) is 36.1 Å². The van der Waals surface area contributed by atoms with Crippen LogP contribution in [0, 0.1) is 0 Å². The molecule has 1 aliphatic heterocycles. The molecule has 2 aliphatic rings. The normalized spacial score (nSPS) is 20.9. The molecule has 4 heteroatoms. The van der Waals surface area contributed by atoms with Crippen molar-refractivity contribution in [3.63, 3.8) is 0 Å². The van der Waals surface area contributed by atoms with E-state index in [1.807, 2.05) is 12.1 Å². The number of fused-ring (bicyclic) bond motifs is 1. The molecule has 1 fully saturated rings. The maximum absolute atomic E-state index is 11.6. The summed E-state index contributed by atoms with van der Waals surface area (Å²) in [6.45, 7) is 0.621. The standard InChI is InChI=1S/C14H17ClN2O/c15-10-5-9-6-12(18)17-13(9)11(7-10)14(8-16)3-1-2-4-14/h5,7H,1-4,6,8,16H2,(H,17,18). The Morgan fingerprint density at radius 3 is 2.72 bits per heavy atom. The zero-order valence-corrected chi connectivity index (χ0v) is 11.0. The van der Waals surface area contributed by atoms with Crippen LogP contribution in [0.3, 0.4) is 0 Å². The summed E-state index contributed by atoms with van der Waals surface area (Å²) in [5, 5.41) is 3.68. The van der Waals surface area contributed by atoms with Gasteiger partial charge in [0.25, 0.3) is 0 Å². The molecule has 0 spiro atoms. The molecule has 0 saturated heterocycles. The summed E-state index contributed by atoms with van der Waals surface area (Å²) in [4.78, 5) is 11.6. The van der Waals surface area contributed by atoms with Gasteiger partial charge in [-0.3, -0.25) is 4.79 Å². The summed E-state index contributed by atoms with van der Waals surface area (Å²) in [5.41, 5.74) is 9.16. The monoisotopic (exact) mass is 264 g/mol. The number of hydrogen-bond acceptors (Lipinski definition) is 2. The van der Waals surface area contributed by atoms with Crippen LogP contribution in [-0.4, -0.2) is 12.5 Å². The van der Waals surface area contributed by atoms with Crippen molar-refractivity contribution in [2.45, 2.75) is 37.5 Å². The fraction of sp³-hybridized carbons (Fsp3) is 0.500. The number of halogens is 1. The predicted octanol–water partition coefficient (Wildman–Crippen LogP) is 2.61. The Kier molecular flexibility index (Phi) is 2.83. The van der Waals surface area contributed by atoms with Gasteiger partial charge in [-0.15, -0.1) is 0 Å². The fourth-order valence-electron chi connectivity index (χ4n) is 3.36. The first-order valence-corrected chi connectivity index (χ1v) is 6.85. The molecule has 1 heterocycles. The third-order valence-corrected chi connectivity index (χ3v) is 4.54. The first-order valence-electron chi connectivity index (χ1n) is 6.47. The Bertz CT molecular complexity index is 507. The van der Waals surface area contributed by atoms with Crippen molar-refractivity contribution in [3.8, 4) is 0 Å². The zero-order valence-electron chi connectivity index (χ0n) is 10.3. The number of carbonyl (C=O) groups is 1. The number of benzene rings is 1. The van der Waals surface area contributed by atoms with Gasteiger partial charge in [-0.1, -0.05) is 24.4 Å². The second kappa shape index (κ2) is 4.25. The number of anilines is 1. The van der Waals surface area contributed by atoms with Crippen molar-refractivity contribution in [1.29, 1.82) is 0 Å². The Hall–Kier alpha value is -1.06. The molecule has 0 radical (unpaired) electrons. The molecule has 0 aromatic heterocycles. The minimum Gasteiger partial charge on any atom is -0.330 e. The van der Waals surface area contributed by atoms with Crippen LogP contribution in [0.2, 0.25) is 5.02 Å². The van der Waals surface area contributed by atoms with Crippen LogP contribution < -0.4 is 11.1 Å². The van der Waals surface area contributed by atoms with Crippen LogP contribution in [0.5, 0.6) is 0 Å². The molecule has 1 aromatic carbocycles. The van der Waals surface area contributed by atoms with E-state index in [1.165, 1.54) is 12.8 Å². The first-order chi connectivity index (χ1) is 8.64. The SMILES string of the molecule is NCC1(c2cc(Cl)cc3c2NC(=O)C3)CCCC1. The van der Waals surface area contributed by atoms with Gasteiger partial charge in [-0.25, -0.2) is 0 Å². The van der Waals surface area contributed by atoms with Crippen molar-refractivity contribution < 1.29 is 4.79 Å². The van der Waals surface area contributed by atoms with Crippen molar-refractivity contribution in [1.82, 2.24) is 0 Å². The molecule has 3 N–H and O–H groups in total. The first kappa shape index (κ1) is 12.0. The Morgan fingerprint density at radius 1 is 1.33 bits per heavy atom. The predicted molar refractivity (Wildman–Crippen MR) is 73.0 cm³/mol. The average molecular weight is 265 g/mol. The van der Waals surface area contributed by atoms with E-state index < -0.39 is 0 Å². The number of amides is 1. The fourth-order valence-corrected chi connectivity index (χ4v) is 3.60. The highest BCUT2D eigenvalue weighted by atomic mass is 35.5. The molecule has 3 nitrogen and oxygen atoms in total. The summed E-state index contributed by atoms with van der Waals surface area (Å²) < 4.78 is 0. The lowest BCUT2D eigenvalue weighted by Gasteiger charge is -2.30. The average Bonchev–Trinajstić information content (AvgIpc) is 2.94. The van der Waals surface area contributed by atoms with E-state index in [2.05, 4.69) is 5.32 Å². The van der Waals surface area contributed by atoms with Crippen LogP contribution in [0.1, 0.15) is 36.8 Å². The molecule has 1 aromatic rings. The summed E-state index contributed by atoms with van der Waals surface area (Å²) in [7, 11) is 0. The second-order valence-corrected chi connectivity index (χ2v) is 5.84. The second-order valence-electron chi connectivity index (χ2n) is 5.40. The Labute approximate surface area is 112 Å². The molecule has 96 valence electrons. The van der Waals surface area contributed by atoms with Gasteiger partial charge in [0.15, 0.2) is 0 Å². The van der Waals surface area contributed by atoms with Crippen molar-refractivity contribution in [2.75, 3.05) is 11.9 Å². The molecule has 1 saturated carbocycles. The smallest absolute Gasteiger partial charge is 0.228 e. The third kappa shape index (κ3) is 1.73. The molecule has 1 aliphatic carbocycles. The van der Waals surface area contributed by atoms with Crippen LogP contribution in [0.4, 0.5) is 5.69 Å². The van der Waals surface area contributed by atoms with Gasteiger partial charge >= 0.3 is 0 Å². The highest BCUT2D eigenvalue weighted by Crippen LogP contribution is 2.46. The van der Waals surface area contributed by atoms with E-state index in [0.717, 1.165) is 29.7 Å². The van der Waals surface area contributed by atoms with Crippen LogP contribution >= 0.6 is 11.6 Å². The topological polar surface area (TPSA) is 55.1 Å². The van der Waals surface area contributed by atoms with Gasteiger partial charge < -0.3 is 11.1 Å². The summed E-state index contributed by atoms with van der Waals surface area (Å²) >= 11 is 6.19. The van der Waals surface area contributed by atoms with Crippen LogP contribution in [-0.2, 0) is 16.6 Å². The number of hydrogen-bond donors (Lipinski definition) is 2. The van der Waals surface area contributed by atoms with E-state index in [4.69, 9.17) is 17.3 Å². The van der Waals surface area contributed by atoms with Crippen LogP contribution in [0.25, 0.3) is 0 Å². The lowest BCUT2D eigenvalue weighted by atomic mass is 9.77. The highest BCUT2D eigenvalue weighted by Gasteiger charge is 2.38. The summed E-state index contributed by atoms with van der Waals surface area (Å²) in [6, 6.07) is 3.88. The largest absolute Gasteiger partial charge is 0.330 e. The summed E-state index contributed by atoms with van der Waals surface area (Å²) in [6.07, 6.45) is 5.01. The third-order valence-electron chi connectivity index (χ3n) is 4.32. The number of nitrogens with one attached hydrogen (secondary N) is 1. The van der Waals surface area contributed by atoms with E-state index >= 15 is 0 Å². The molecule has 18 heavy (non-hydrogen) atoms. The van der Waals surface area contributed by atoms with Crippen molar-refractivity contribution in [3.05, 3.63) is 28.3 Å². The minimum atomic E-state index is 0.00655. The zero-order chi connectivity index (χ0) is 12.8. The van der Waals surface area contributed by atoms with E-state index in [-0.39, 0.29) is 11.3 Å². The minimum absolute atomic E-state index is 0.00655. The lowest BCUT2D eigenvalue weighted by molar-refractivity contribution is -0.115. The van der Waals surface area contributed by atoms with Gasteiger partial charge in [0.1, 0.15) is 0 Å². The molecular formula is C14H17ClN2O. The van der Waals surface area contributed by atoms with Crippen LogP contribution in [0.15, 0.2) is 12.1 Å². The van der Waals surface area contributed by atoms with Gasteiger partial charge in [-0.2, -0.15) is 0 Å². The quantitative estimate of drug-likeness (QED) is 0.863. The van der Waals surface area contributed by atoms with E-state index in [9.17, 15) is 4.79 Å². The number of carbonyl (C=O) groups excluding carboxylic acids is 1. The maximum atomic E-state index is 11.6. The Balaban J connectivity index is 2.15. The molecule has 0 bridgehead atoms. The Morgan fingerprint density at radius 2 is 2.06 bits per heavy atom. The van der Waals surface area contributed by atoms with E-state index in [0.29, 0.717) is 18.0 Å². The number of nitrogens with two attached hydrogens (primary N) is 1. The van der Waals surface area contributed by atoms with Crippen molar-refractivity contribution in [2.24, 2.45) is 5.73 Å². The molecular weight excluding hydrogens is 248 g/mol.